The Kier molecular flexibility index (Phi) is 22.7. The van der Waals surface area contributed by atoms with E-state index in [1.807, 2.05) is 248 Å². The fourth-order valence-corrected chi connectivity index (χ4v) is 34.7. The van der Waals surface area contributed by atoms with Crippen molar-refractivity contribution in [3.05, 3.63) is 304 Å². The van der Waals surface area contributed by atoms with Crippen molar-refractivity contribution in [2.24, 2.45) is 0 Å². The summed E-state index contributed by atoms with van der Waals surface area (Å²) in [6.45, 7) is 16.7. The summed E-state index contributed by atoms with van der Waals surface area (Å²) in [5, 5.41) is 7.08. The average Bonchev–Trinajstić information content (AvgIpc) is 1.64. The Bertz CT molecular complexity index is 7550. The van der Waals surface area contributed by atoms with E-state index in [9.17, 15) is 84.2 Å². The van der Waals surface area contributed by atoms with E-state index in [4.69, 9.17) is 0 Å². The Morgan fingerprint density at radius 1 is 0.198 bits per heavy atom. The van der Waals surface area contributed by atoms with Gasteiger partial charge in [-0.15, -0.1) is 0 Å². The summed E-state index contributed by atoms with van der Waals surface area (Å²) in [5.41, 5.74) is 10.9. The van der Waals surface area contributed by atoms with E-state index in [1.54, 1.807) is 38.1 Å². The molecule has 5 aliphatic rings. The van der Waals surface area contributed by atoms with Crippen LogP contribution in [-0.4, -0.2) is 84.2 Å². The molecule has 0 fully saturated rings. The third-order valence-corrected chi connectivity index (χ3v) is 40.1. The molecule has 35 heteroatoms. The van der Waals surface area contributed by atoms with Gasteiger partial charge in [0.15, 0.2) is 0 Å². The maximum Gasteiger partial charge on any atom is 0.114 e. The number of hydrogen-bond donors (Lipinski definition) is 0. The molecule has 0 aliphatic carbocycles. The SMILES string of the molecule is CC1=C(C)S(=O)(=O)[N-]S1(=O)=O.CCC1=C(CC)S(=O)(=O)[N-]S1(=O)=O.Cc1c(C)c(-c2cccc3ccccc23)c2c(c1-c1cccc3ccccc13)S(=O)(=O)[N-]S2(=O)=O.Cc1ccccc1-c1c(C)c(C)c(-c2ccccc2C)c2c1S(=O)(=O)[N-]S2(=O)=O.O=S1(=O)[N-]S(=O)(=O)c2c(-c3cccc4ccccc34)ccc(-c3cccc4ccccc34)c21. The van der Waals surface area contributed by atoms with Gasteiger partial charge in [0.1, 0.15) is 100 Å². The van der Waals surface area contributed by atoms with E-state index in [0.29, 0.717) is 77.9 Å². The fraction of sp³-hybridized carbons (Fsp3) is 0.140. The van der Waals surface area contributed by atoms with Crippen molar-refractivity contribution in [3.8, 4) is 66.8 Å². The largest absolute Gasteiger partial charge is 0.428 e. The van der Waals surface area contributed by atoms with Crippen molar-refractivity contribution < 1.29 is 84.2 Å². The maximum atomic E-state index is 13.4. The average molecular weight is 1820 g/mol. The molecule has 0 amide bonds. The van der Waals surface area contributed by atoms with Crippen molar-refractivity contribution in [2.75, 3.05) is 0 Å². The molecule has 0 bridgehead atoms. The van der Waals surface area contributed by atoms with Gasteiger partial charge in [0.2, 0.25) is 0 Å². The Hall–Kier alpha value is -10.3. The molecular formula is C86H72N5O20S10-5. The summed E-state index contributed by atoms with van der Waals surface area (Å²) in [5.74, 6) is 0. The van der Waals surface area contributed by atoms with Gasteiger partial charge in [-0.2, -0.15) is 0 Å². The first kappa shape index (κ1) is 87.0. The van der Waals surface area contributed by atoms with Gasteiger partial charge >= 0.3 is 0 Å². The number of hydrogen-bond acceptors (Lipinski definition) is 20. The van der Waals surface area contributed by atoms with Crippen LogP contribution in [0.25, 0.3) is 130 Å². The highest BCUT2D eigenvalue weighted by atomic mass is 32.3. The molecule has 0 saturated heterocycles. The Balaban J connectivity index is 0.000000131. The molecule has 0 unspecified atom stereocenters. The molecule has 0 radical (unpaired) electrons. The molecular weight excluding hydrogens is 1740 g/mol. The Morgan fingerprint density at radius 3 is 0.669 bits per heavy atom. The first-order chi connectivity index (χ1) is 56.8. The summed E-state index contributed by atoms with van der Waals surface area (Å²) in [4.78, 5) is -1.91. The number of aryl methyl sites for hydroxylation is 2. The van der Waals surface area contributed by atoms with Crippen molar-refractivity contribution in [1.29, 1.82) is 0 Å². The van der Waals surface area contributed by atoms with Gasteiger partial charge in [-0.05, 0) is 178 Å². The van der Waals surface area contributed by atoms with E-state index in [-0.39, 0.29) is 61.8 Å². The van der Waals surface area contributed by atoms with Crippen molar-refractivity contribution in [2.45, 2.75) is 111 Å². The molecule has 121 heavy (non-hydrogen) atoms. The highest BCUT2D eigenvalue weighted by Gasteiger charge is 2.41. The fourth-order valence-electron chi connectivity index (χ4n) is 15.7. The molecule has 0 saturated carbocycles. The number of allylic oxidation sites excluding steroid dienone is 4. The van der Waals surface area contributed by atoms with Crippen LogP contribution in [0.2, 0.25) is 0 Å². The third-order valence-electron chi connectivity index (χ3n) is 21.5. The molecule has 5 heterocycles. The van der Waals surface area contributed by atoms with Crippen molar-refractivity contribution in [1.82, 2.24) is 0 Å². The lowest BCUT2D eigenvalue weighted by Gasteiger charge is -2.22. The van der Waals surface area contributed by atoms with Gasteiger partial charge in [0.05, 0.1) is 29.4 Å². The van der Waals surface area contributed by atoms with Gasteiger partial charge in [0, 0.05) is 53.0 Å². The van der Waals surface area contributed by atoms with Crippen LogP contribution in [0, 0.1) is 41.5 Å². The van der Waals surface area contributed by atoms with Crippen LogP contribution < -0.4 is 0 Å². The van der Waals surface area contributed by atoms with Crippen LogP contribution in [0.4, 0.5) is 0 Å². The first-order valence-corrected chi connectivity index (χ1v) is 51.3. The molecule has 13 aromatic rings. The smallest absolute Gasteiger partial charge is 0.114 e. The van der Waals surface area contributed by atoms with Crippen molar-refractivity contribution in [3.63, 3.8) is 0 Å². The van der Waals surface area contributed by atoms with Crippen molar-refractivity contribution >= 4 is 143 Å². The molecule has 5 aliphatic heterocycles. The predicted octanol–water partition coefficient (Wildman–Crippen LogP) is 19.2. The van der Waals surface area contributed by atoms with E-state index < -0.39 is 100 Å². The van der Waals surface area contributed by atoms with Gasteiger partial charge in [-0.25, -0.2) is 84.2 Å². The van der Waals surface area contributed by atoms with Gasteiger partial charge in [-0.1, -0.05) is 244 Å². The van der Waals surface area contributed by atoms with Crippen LogP contribution >= 0.6 is 0 Å². The van der Waals surface area contributed by atoms with Crippen LogP contribution in [-0.2, 0) is 100 Å². The predicted molar refractivity (Wildman–Crippen MR) is 472 cm³/mol. The normalized spacial score (nSPS) is 18.2. The lowest BCUT2D eigenvalue weighted by molar-refractivity contribution is 0.600. The first-order valence-electron chi connectivity index (χ1n) is 36.9. The second-order valence-corrected chi connectivity index (χ2v) is 45.8. The molecule has 18 rings (SSSR count). The molecule has 626 valence electrons. The summed E-state index contributed by atoms with van der Waals surface area (Å²) in [6, 6.07) is 71.0. The minimum absolute atomic E-state index is 0.0602. The number of fused-ring (bicyclic) bond motifs is 7. The zero-order valence-electron chi connectivity index (χ0n) is 65.8. The zero-order chi connectivity index (χ0) is 87.6. The summed E-state index contributed by atoms with van der Waals surface area (Å²) < 4.78 is 261. The van der Waals surface area contributed by atoms with E-state index in [1.165, 1.54) is 13.8 Å². The minimum atomic E-state index is -4.45. The molecule has 0 spiro atoms. The van der Waals surface area contributed by atoms with Crippen LogP contribution in [0.5, 0.6) is 0 Å². The number of benzene rings is 13. The second-order valence-electron chi connectivity index (χ2n) is 28.7. The van der Waals surface area contributed by atoms with Crippen LogP contribution in [0.1, 0.15) is 73.9 Å². The zero-order valence-corrected chi connectivity index (χ0v) is 74.0. The lowest BCUT2D eigenvalue weighted by Crippen LogP contribution is -2.05. The molecule has 25 nitrogen and oxygen atoms in total. The maximum absolute atomic E-state index is 13.4. The molecule has 0 aromatic heterocycles. The minimum Gasteiger partial charge on any atom is -0.428 e. The van der Waals surface area contributed by atoms with Gasteiger partial charge in [-0.3, -0.25) is 0 Å². The topological polar surface area (TPSA) is 412 Å². The van der Waals surface area contributed by atoms with Gasteiger partial charge < -0.3 is 20.6 Å². The van der Waals surface area contributed by atoms with E-state index in [0.717, 1.165) is 65.3 Å². The quantitative estimate of drug-likeness (QED) is 0.136. The van der Waals surface area contributed by atoms with E-state index >= 15 is 0 Å². The third kappa shape index (κ3) is 15.5. The molecule has 13 aromatic carbocycles. The number of nitrogens with zero attached hydrogens (tertiary/aromatic N) is 5. The number of rotatable bonds is 8. The Labute approximate surface area is 703 Å². The lowest BCUT2D eigenvalue weighted by atomic mass is 9.87. The van der Waals surface area contributed by atoms with Crippen LogP contribution in [0.15, 0.2) is 280 Å². The highest BCUT2D eigenvalue weighted by molar-refractivity contribution is 8.19. The van der Waals surface area contributed by atoms with Crippen LogP contribution in [0.3, 0.4) is 0 Å². The summed E-state index contributed by atoms with van der Waals surface area (Å²) in [6.07, 6.45) is 0.350. The van der Waals surface area contributed by atoms with E-state index in [2.05, 4.69) is 20.6 Å². The summed E-state index contributed by atoms with van der Waals surface area (Å²) in [7, 11) is -41.9. The Morgan fingerprint density at radius 2 is 0.405 bits per heavy atom. The number of sulfonamides is 10. The standard InChI is InChI=1S/C28H20NO4S2.C26H16NO4S2.C22H20NO4S2.C6H10NO4S2.C4H6NO4S2/c1-17-18(2)26(24-16-8-12-20-10-4-6-14-22(20)24)28-27(34(30,31)29-35(28,32)33)25(17)23-15-7-11-19-9-3-5-13-21(19)23;28-32(29)25-23(21-13-5-9-17-7-1-3-11-19(17)21)15-16-24(26(25)33(30,31)27-32)22-14-6-10-18-8-2-4-12-20(18)22;1-13-9-5-7-11-17(13)19-15(3)16(4)20(18-12-8-6-10-14(18)2)22-21(19)28(24,25)23-29(22,26)27;1-3-5-6(4-2)13(10,11)7-12(5,8)9;1-3-4(2)11(8,9)5-10(3,6)7/h3-16H,1-2H3;1-16H;5-12H,1-4H3;3-4H2,1-2H3;1-2H3/q5*-1. The van der Waals surface area contributed by atoms with Gasteiger partial charge in [0.25, 0.3) is 0 Å². The second kappa shape index (κ2) is 31.5. The monoisotopic (exact) mass is 1810 g/mol. The molecule has 0 N–H and O–H groups in total. The highest BCUT2D eigenvalue weighted by Crippen LogP contribution is 2.56. The summed E-state index contributed by atoms with van der Waals surface area (Å²) >= 11 is 0. The molecule has 0 atom stereocenters.